The zero-order chi connectivity index (χ0) is 22.0. The van der Waals surface area contributed by atoms with Gasteiger partial charge in [-0.25, -0.2) is 8.42 Å². The van der Waals surface area contributed by atoms with Crippen molar-refractivity contribution >= 4 is 44.8 Å². The third-order valence-corrected chi connectivity index (χ3v) is 7.91. The molecule has 2 aromatic rings. The monoisotopic (exact) mass is 461 g/mol. The zero-order valence-electron chi connectivity index (χ0n) is 17.0. The number of nitrogens with zero attached hydrogens (tertiary/aromatic N) is 2. The summed E-state index contributed by atoms with van der Waals surface area (Å²) in [6.07, 6.45) is 2.82. The SMILES string of the molecule is O=C(Nc1cccc(S(=O)(=O)N2CCCCC2)c1)[C@@H]1CC(=O)N(c2ccccc2Cl)C1. The molecule has 0 radical (unpaired) electrons. The summed E-state index contributed by atoms with van der Waals surface area (Å²) in [5.41, 5.74) is 0.978. The molecule has 164 valence electrons. The number of nitrogens with one attached hydrogen (secondary N) is 1. The van der Waals surface area contributed by atoms with Crippen LogP contribution in [0.4, 0.5) is 11.4 Å². The first-order valence-corrected chi connectivity index (χ1v) is 12.1. The molecule has 2 saturated heterocycles. The lowest BCUT2D eigenvalue weighted by molar-refractivity contribution is -0.122. The molecule has 0 aliphatic carbocycles. The van der Waals surface area contributed by atoms with Crippen LogP contribution in [-0.4, -0.2) is 44.2 Å². The first-order chi connectivity index (χ1) is 14.9. The third kappa shape index (κ3) is 4.61. The molecule has 31 heavy (non-hydrogen) atoms. The molecule has 1 N–H and O–H groups in total. The lowest BCUT2D eigenvalue weighted by Gasteiger charge is -2.26. The van der Waals surface area contributed by atoms with Crippen molar-refractivity contribution in [1.29, 1.82) is 0 Å². The van der Waals surface area contributed by atoms with Crippen molar-refractivity contribution in [2.45, 2.75) is 30.6 Å². The number of halogens is 1. The van der Waals surface area contributed by atoms with E-state index in [1.807, 2.05) is 0 Å². The molecule has 2 fully saturated rings. The van der Waals surface area contributed by atoms with Gasteiger partial charge in [-0.3, -0.25) is 9.59 Å². The van der Waals surface area contributed by atoms with E-state index in [0.717, 1.165) is 19.3 Å². The van der Waals surface area contributed by atoms with Gasteiger partial charge >= 0.3 is 0 Å². The largest absolute Gasteiger partial charge is 0.326 e. The number of rotatable bonds is 5. The van der Waals surface area contributed by atoms with Crippen LogP contribution in [-0.2, 0) is 19.6 Å². The molecule has 0 saturated carbocycles. The van der Waals surface area contributed by atoms with Gasteiger partial charge in [0.15, 0.2) is 0 Å². The molecule has 2 aromatic carbocycles. The Hall–Kier alpha value is -2.42. The number of piperidine rings is 1. The molecule has 0 bridgehead atoms. The quantitative estimate of drug-likeness (QED) is 0.738. The Morgan fingerprint density at radius 3 is 2.52 bits per heavy atom. The fourth-order valence-corrected chi connectivity index (χ4v) is 5.82. The van der Waals surface area contributed by atoms with Crippen LogP contribution in [0.1, 0.15) is 25.7 Å². The summed E-state index contributed by atoms with van der Waals surface area (Å²) in [5, 5.41) is 3.22. The maximum Gasteiger partial charge on any atom is 0.243 e. The van der Waals surface area contributed by atoms with Crippen LogP contribution in [0.5, 0.6) is 0 Å². The number of benzene rings is 2. The second-order valence-corrected chi connectivity index (χ2v) is 10.2. The van der Waals surface area contributed by atoms with Crippen molar-refractivity contribution in [2.24, 2.45) is 5.92 Å². The topological polar surface area (TPSA) is 86.8 Å². The molecule has 2 aliphatic heterocycles. The fraction of sp³-hybridized carbons (Fsp3) is 0.364. The predicted molar refractivity (Wildman–Crippen MR) is 120 cm³/mol. The highest BCUT2D eigenvalue weighted by Gasteiger charge is 2.36. The molecule has 4 rings (SSSR count). The average Bonchev–Trinajstić information content (AvgIpc) is 3.16. The summed E-state index contributed by atoms with van der Waals surface area (Å²) in [4.78, 5) is 26.9. The van der Waals surface area contributed by atoms with Gasteiger partial charge in [-0.1, -0.05) is 36.2 Å². The number of para-hydroxylation sites is 1. The van der Waals surface area contributed by atoms with E-state index in [9.17, 15) is 18.0 Å². The molecular weight excluding hydrogens is 438 g/mol. The molecule has 0 aromatic heterocycles. The van der Waals surface area contributed by atoms with Crippen molar-refractivity contribution in [3.05, 3.63) is 53.6 Å². The van der Waals surface area contributed by atoms with E-state index in [-0.39, 0.29) is 29.7 Å². The minimum Gasteiger partial charge on any atom is -0.326 e. The van der Waals surface area contributed by atoms with Crippen molar-refractivity contribution in [2.75, 3.05) is 29.9 Å². The van der Waals surface area contributed by atoms with E-state index in [4.69, 9.17) is 11.6 Å². The van der Waals surface area contributed by atoms with Gasteiger partial charge in [0.2, 0.25) is 21.8 Å². The number of hydrogen-bond donors (Lipinski definition) is 1. The van der Waals surface area contributed by atoms with Gasteiger partial charge in [0.05, 0.1) is 21.5 Å². The van der Waals surface area contributed by atoms with E-state index in [2.05, 4.69) is 5.32 Å². The van der Waals surface area contributed by atoms with Crippen molar-refractivity contribution in [3.63, 3.8) is 0 Å². The number of anilines is 2. The maximum atomic E-state index is 12.9. The van der Waals surface area contributed by atoms with Crippen LogP contribution in [0.25, 0.3) is 0 Å². The summed E-state index contributed by atoms with van der Waals surface area (Å²) >= 11 is 6.20. The summed E-state index contributed by atoms with van der Waals surface area (Å²) in [5.74, 6) is -1.05. The van der Waals surface area contributed by atoms with E-state index in [1.54, 1.807) is 36.4 Å². The standard InChI is InChI=1S/C22H24ClN3O4S/c23-19-9-2-3-10-20(19)26-15-16(13-21(26)27)22(28)24-17-7-6-8-18(14-17)31(29,30)25-11-4-1-5-12-25/h2-3,6-10,14,16H,1,4-5,11-13,15H2,(H,24,28)/t16-/m1/s1. The molecule has 7 nitrogen and oxygen atoms in total. The van der Waals surface area contributed by atoms with E-state index >= 15 is 0 Å². The van der Waals surface area contributed by atoms with Crippen molar-refractivity contribution < 1.29 is 18.0 Å². The summed E-state index contributed by atoms with van der Waals surface area (Å²) in [6, 6.07) is 13.3. The molecule has 2 heterocycles. The Labute approximate surface area is 187 Å². The Kier molecular flexibility index (Phi) is 6.31. The molecule has 0 spiro atoms. The second kappa shape index (κ2) is 8.98. The van der Waals surface area contributed by atoms with Crippen LogP contribution in [0.3, 0.4) is 0 Å². The van der Waals surface area contributed by atoms with Crippen LogP contribution >= 0.6 is 11.6 Å². The lowest BCUT2D eigenvalue weighted by Crippen LogP contribution is -2.35. The first-order valence-electron chi connectivity index (χ1n) is 10.3. The highest BCUT2D eigenvalue weighted by molar-refractivity contribution is 7.89. The van der Waals surface area contributed by atoms with Gasteiger partial charge in [-0.15, -0.1) is 0 Å². The predicted octanol–water partition coefficient (Wildman–Crippen LogP) is 3.51. The Bertz CT molecular complexity index is 1100. The second-order valence-electron chi connectivity index (χ2n) is 7.84. The number of carbonyl (C=O) groups is 2. The van der Waals surface area contributed by atoms with E-state index in [0.29, 0.717) is 29.5 Å². The minimum atomic E-state index is -3.59. The average molecular weight is 462 g/mol. The van der Waals surface area contributed by atoms with Gasteiger partial charge in [-0.05, 0) is 43.2 Å². The van der Waals surface area contributed by atoms with Gasteiger partial charge in [0, 0.05) is 31.7 Å². The minimum absolute atomic E-state index is 0.0722. The van der Waals surface area contributed by atoms with Gasteiger partial charge in [0.1, 0.15) is 0 Å². The number of carbonyl (C=O) groups excluding carboxylic acids is 2. The van der Waals surface area contributed by atoms with E-state index < -0.39 is 15.9 Å². The maximum absolute atomic E-state index is 12.9. The van der Waals surface area contributed by atoms with Gasteiger partial charge in [0.25, 0.3) is 0 Å². The van der Waals surface area contributed by atoms with Crippen LogP contribution in [0.15, 0.2) is 53.4 Å². The molecule has 0 unspecified atom stereocenters. The number of sulfonamides is 1. The Balaban J connectivity index is 1.46. The van der Waals surface area contributed by atoms with Crippen molar-refractivity contribution in [3.8, 4) is 0 Å². The molecule has 1 atom stereocenters. The highest BCUT2D eigenvalue weighted by Crippen LogP contribution is 2.31. The first kappa shape index (κ1) is 21.8. The summed E-state index contributed by atoms with van der Waals surface area (Å²) in [7, 11) is -3.59. The number of hydrogen-bond acceptors (Lipinski definition) is 4. The Morgan fingerprint density at radius 2 is 1.77 bits per heavy atom. The van der Waals surface area contributed by atoms with Crippen LogP contribution < -0.4 is 10.2 Å². The highest BCUT2D eigenvalue weighted by atomic mass is 35.5. The molecule has 2 amide bonds. The van der Waals surface area contributed by atoms with E-state index in [1.165, 1.54) is 21.3 Å². The lowest BCUT2D eigenvalue weighted by atomic mass is 10.1. The summed E-state index contributed by atoms with van der Waals surface area (Å²) in [6.45, 7) is 1.25. The van der Waals surface area contributed by atoms with Gasteiger partial charge < -0.3 is 10.2 Å². The smallest absolute Gasteiger partial charge is 0.243 e. The Morgan fingerprint density at radius 1 is 1.03 bits per heavy atom. The summed E-state index contributed by atoms with van der Waals surface area (Å²) < 4.78 is 27.3. The fourth-order valence-electron chi connectivity index (χ4n) is 4.02. The van der Waals surface area contributed by atoms with Crippen molar-refractivity contribution in [1.82, 2.24) is 4.31 Å². The zero-order valence-corrected chi connectivity index (χ0v) is 18.5. The van der Waals surface area contributed by atoms with Crippen LogP contribution in [0, 0.1) is 5.92 Å². The molecule has 2 aliphatic rings. The number of amides is 2. The van der Waals surface area contributed by atoms with Crippen LogP contribution in [0.2, 0.25) is 5.02 Å². The molecule has 9 heteroatoms. The van der Waals surface area contributed by atoms with Gasteiger partial charge in [-0.2, -0.15) is 4.31 Å². The third-order valence-electron chi connectivity index (χ3n) is 5.69. The normalized spacial score (nSPS) is 20.1. The molecular formula is C22H24ClN3O4S.